The van der Waals surface area contributed by atoms with Crippen molar-refractivity contribution in [3.05, 3.63) is 60.1 Å². The number of ether oxygens (including phenoxy) is 2. The molecule has 0 amide bonds. The zero-order chi connectivity index (χ0) is 18.1. The van der Waals surface area contributed by atoms with E-state index in [9.17, 15) is 8.78 Å². The van der Waals surface area contributed by atoms with E-state index in [0.29, 0.717) is 24.5 Å². The van der Waals surface area contributed by atoms with Gasteiger partial charge in [0, 0.05) is 30.6 Å². The molecule has 2 aromatic heterocycles. The lowest BCUT2D eigenvalue weighted by molar-refractivity contribution is -0.286. The fourth-order valence-corrected chi connectivity index (χ4v) is 2.76. The standard InChI is InChI=1S/C18H15F2N3O3/c1-23(10-12-4-5-16-17(7-12)25-18(19,20)24-16)11-14-8-15(22-26-14)13-3-2-6-21-9-13/h2-9H,10-11H2,1H3. The molecule has 1 aliphatic heterocycles. The summed E-state index contributed by atoms with van der Waals surface area (Å²) in [7, 11) is 1.89. The van der Waals surface area contributed by atoms with E-state index < -0.39 is 6.29 Å². The second-order valence-corrected chi connectivity index (χ2v) is 6.04. The molecule has 8 heteroatoms. The lowest BCUT2D eigenvalue weighted by atomic mass is 10.2. The monoisotopic (exact) mass is 359 g/mol. The summed E-state index contributed by atoms with van der Waals surface area (Å²) in [5.74, 6) is 0.774. The number of fused-ring (bicyclic) bond motifs is 1. The van der Waals surface area contributed by atoms with Crippen LogP contribution in [0.4, 0.5) is 8.78 Å². The zero-order valence-corrected chi connectivity index (χ0v) is 13.9. The highest BCUT2D eigenvalue weighted by atomic mass is 19.3. The van der Waals surface area contributed by atoms with E-state index in [-0.39, 0.29) is 11.5 Å². The third kappa shape index (κ3) is 3.50. The minimum Gasteiger partial charge on any atom is -0.395 e. The van der Waals surface area contributed by atoms with Gasteiger partial charge in [0.15, 0.2) is 17.3 Å². The summed E-state index contributed by atoms with van der Waals surface area (Å²) in [5, 5.41) is 4.05. The molecule has 0 saturated heterocycles. The molecule has 134 valence electrons. The first-order valence-electron chi connectivity index (χ1n) is 7.92. The number of nitrogens with zero attached hydrogens (tertiary/aromatic N) is 3. The van der Waals surface area contributed by atoms with Gasteiger partial charge < -0.3 is 14.0 Å². The van der Waals surface area contributed by atoms with Gasteiger partial charge in [0.25, 0.3) is 0 Å². The van der Waals surface area contributed by atoms with Crippen LogP contribution in [0.1, 0.15) is 11.3 Å². The minimum absolute atomic E-state index is 0.0396. The fraction of sp³-hybridized carbons (Fsp3) is 0.222. The number of halogens is 2. The van der Waals surface area contributed by atoms with Crippen LogP contribution >= 0.6 is 0 Å². The van der Waals surface area contributed by atoms with Crippen LogP contribution in [0.3, 0.4) is 0 Å². The lowest BCUT2D eigenvalue weighted by Gasteiger charge is -2.14. The second-order valence-electron chi connectivity index (χ2n) is 6.04. The van der Waals surface area contributed by atoms with Gasteiger partial charge in [-0.2, -0.15) is 0 Å². The highest BCUT2D eigenvalue weighted by molar-refractivity contribution is 5.57. The Morgan fingerprint density at radius 1 is 1.08 bits per heavy atom. The Kier molecular flexibility index (Phi) is 4.04. The van der Waals surface area contributed by atoms with Crippen molar-refractivity contribution in [2.45, 2.75) is 19.4 Å². The van der Waals surface area contributed by atoms with Crippen LogP contribution in [0.2, 0.25) is 0 Å². The highest BCUT2D eigenvalue weighted by Crippen LogP contribution is 2.41. The van der Waals surface area contributed by atoms with E-state index in [1.807, 2.05) is 30.1 Å². The fourth-order valence-electron chi connectivity index (χ4n) is 2.76. The number of hydrogen-bond acceptors (Lipinski definition) is 6. The van der Waals surface area contributed by atoms with Crippen molar-refractivity contribution in [1.82, 2.24) is 15.0 Å². The van der Waals surface area contributed by atoms with Crippen molar-refractivity contribution < 1.29 is 22.8 Å². The number of hydrogen-bond donors (Lipinski definition) is 0. The van der Waals surface area contributed by atoms with Crippen molar-refractivity contribution in [1.29, 1.82) is 0 Å². The molecule has 6 nitrogen and oxygen atoms in total. The Morgan fingerprint density at radius 3 is 2.73 bits per heavy atom. The van der Waals surface area contributed by atoms with Gasteiger partial charge in [0.05, 0.1) is 6.54 Å². The average molecular weight is 359 g/mol. The van der Waals surface area contributed by atoms with Gasteiger partial charge in [0.2, 0.25) is 0 Å². The minimum atomic E-state index is -3.60. The molecule has 0 N–H and O–H groups in total. The molecular formula is C18H15F2N3O3. The Hall–Kier alpha value is -3.00. The molecule has 26 heavy (non-hydrogen) atoms. The molecule has 3 heterocycles. The molecule has 1 aromatic carbocycles. The first-order chi connectivity index (χ1) is 12.5. The molecule has 0 bridgehead atoms. The largest absolute Gasteiger partial charge is 0.586 e. The molecule has 0 atom stereocenters. The van der Waals surface area contributed by atoms with E-state index in [4.69, 9.17) is 4.52 Å². The second kappa shape index (κ2) is 6.38. The highest BCUT2D eigenvalue weighted by Gasteiger charge is 2.43. The van der Waals surface area contributed by atoms with E-state index in [2.05, 4.69) is 19.6 Å². The number of aromatic nitrogens is 2. The van der Waals surface area contributed by atoms with Crippen LogP contribution in [-0.2, 0) is 13.1 Å². The summed E-state index contributed by atoms with van der Waals surface area (Å²) in [6.07, 6.45) is -0.192. The normalized spacial score (nSPS) is 14.8. The van der Waals surface area contributed by atoms with E-state index in [1.54, 1.807) is 24.5 Å². The number of rotatable bonds is 5. The van der Waals surface area contributed by atoms with E-state index >= 15 is 0 Å². The maximum Gasteiger partial charge on any atom is 0.586 e. The van der Waals surface area contributed by atoms with Crippen molar-refractivity contribution in [2.75, 3.05) is 7.05 Å². The van der Waals surface area contributed by atoms with Gasteiger partial charge in [0.1, 0.15) is 5.69 Å². The van der Waals surface area contributed by atoms with Crippen LogP contribution in [0.15, 0.2) is 53.3 Å². The molecule has 0 fully saturated rings. The van der Waals surface area contributed by atoms with Gasteiger partial charge in [-0.05, 0) is 36.9 Å². The average Bonchev–Trinajstić information content (AvgIpc) is 3.17. The lowest BCUT2D eigenvalue weighted by Crippen LogP contribution is -2.25. The molecule has 0 spiro atoms. The Labute approximate surface area is 148 Å². The maximum atomic E-state index is 13.1. The quantitative estimate of drug-likeness (QED) is 0.692. The molecule has 0 radical (unpaired) electrons. The predicted molar refractivity (Wildman–Crippen MR) is 87.6 cm³/mol. The van der Waals surface area contributed by atoms with Gasteiger partial charge in [-0.3, -0.25) is 9.88 Å². The van der Waals surface area contributed by atoms with Gasteiger partial charge in [-0.15, -0.1) is 8.78 Å². The van der Waals surface area contributed by atoms with E-state index in [1.165, 1.54) is 6.07 Å². The molecule has 1 aliphatic rings. The van der Waals surface area contributed by atoms with Crippen LogP contribution in [0.25, 0.3) is 11.3 Å². The summed E-state index contributed by atoms with van der Waals surface area (Å²) in [4.78, 5) is 6.03. The SMILES string of the molecule is CN(Cc1ccc2c(c1)OC(F)(F)O2)Cc1cc(-c2cccnc2)no1. The number of benzene rings is 1. The molecule has 0 saturated carbocycles. The van der Waals surface area contributed by atoms with Gasteiger partial charge >= 0.3 is 6.29 Å². The van der Waals surface area contributed by atoms with Crippen LogP contribution in [-0.4, -0.2) is 28.4 Å². The summed E-state index contributed by atoms with van der Waals surface area (Å²) in [6, 6.07) is 10.3. The number of alkyl halides is 2. The summed E-state index contributed by atoms with van der Waals surface area (Å²) in [6.45, 7) is 1.03. The molecule has 0 aliphatic carbocycles. The maximum absolute atomic E-state index is 13.1. The van der Waals surface area contributed by atoms with Crippen molar-refractivity contribution in [3.63, 3.8) is 0 Å². The van der Waals surface area contributed by atoms with Crippen molar-refractivity contribution in [3.8, 4) is 22.8 Å². The van der Waals surface area contributed by atoms with E-state index in [0.717, 1.165) is 11.1 Å². The summed E-state index contributed by atoms with van der Waals surface area (Å²) < 4.78 is 40.4. The van der Waals surface area contributed by atoms with Crippen molar-refractivity contribution >= 4 is 0 Å². The Bertz CT molecular complexity index is 915. The first kappa shape index (κ1) is 16.5. The van der Waals surface area contributed by atoms with Gasteiger partial charge in [-0.1, -0.05) is 11.2 Å². The smallest absolute Gasteiger partial charge is 0.395 e. The summed E-state index contributed by atoms with van der Waals surface area (Å²) in [5.41, 5.74) is 2.41. The third-order valence-electron chi connectivity index (χ3n) is 3.86. The molecule has 0 unspecified atom stereocenters. The Morgan fingerprint density at radius 2 is 1.92 bits per heavy atom. The van der Waals surface area contributed by atoms with Crippen LogP contribution in [0, 0.1) is 0 Å². The first-order valence-corrected chi connectivity index (χ1v) is 7.92. The topological polar surface area (TPSA) is 60.6 Å². The summed E-state index contributed by atoms with van der Waals surface area (Å²) >= 11 is 0. The molecular weight excluding hydrogens is 344 g/mol. The van der Waals surface area contributed by atoms with Gasteiger partial charge in [-0.25, -0.2) is 0 Å². The third-order valence-corrected chi connectivity index (χ3v) is 3.86. The van der Waals surface area contributed by atoms with Crippen LogP contribution < -0.4 is 9.47 Å². The molecule has 3 aromatic rings. The molecule has 4 rings (SSSR count). The predicted octanol–water partition coefficient (Wildman–Crippen LogP) is 3.69. The Balaban J connectivity index is 1.41. The zero-order valence-electron chi connectivity index (χ0n) is 13.9. The van der Waals surface area contributed by atoms with Crippen molar-refractivity contribution in [2.24, 2.45) is 0 Å². The number of pyridine rings is 1. The van der Waals surface area contributed by atoms with Crippen LogP contribution in [0.5, 0.6) is 11.5 Å².